The van der Waals surface area contributed by atoms with Crippen molar-refractivity contribution in [2.24, 2.45) is 0 Å². The fourth-order valence-corrected chi connectivity index (χ4v) is 4.03. The van der Waals surface area contributed by atoms with Gasteiger partial charge in [0, 0.05) is 29.7 Å². The molecule has 2 bridgehead atoms. The number of carbonyl (C=O) groups is 1. The molecule has 3 heterocycles. The van der Waals surface area contributed by atoms with E-state index in [1.165, 1.54) is 12.8 Å². The highest BCUT2D eigenvalue weighted by molar-refractivity contribution is 6.35. The molecule has 2 aromatic rings. The number of amides is 1. The van der Waals surface area contributed by atoms with Gasteiger partial charge in [0.15, 0.2) is 6.61 Å². The van der Waals surface area contributed by atoms with E-state index in [4.69, 9.17) is 16.3 Å². The Morgan fingerprint density at radius 3 is 2.88 bits per heavy atom. The van der Waals surface area contributed by atoms with Gasteiger partial charge in [0.25, 0.3) is 5.91 Å². The van der Waals surface area contributed by atoms with E-state index >= 15 is 0 Å². The van der Waals surface area contributed by atoms with Crippen LogP contribution in [0.15, 0.2) is 30.5 Å². The number of rotatable bonds is 4. The molecule has 126 valence electrons. The van der Waals surface area contributed by atoms with Gasteiger partial charge in [0.05, 0.1) is 5.02 Å². The molecular formula is C18H20ClN3O2. The van der Waals surface area contributed by atoms with Crippen LogP contribution in [0.2, 0.25) is 5.02 Å². The average molecular weight is 346 g/mol. The number of benzene rings is 1. The highest BCUT2D eigenvalue weighted by Crippen LogP contribution is 2.30. The number of hydrogen-bond acceptors (Lipinski definition) is 4. The quantitative estimate of drug-likeness (QED) is 0.894. The van der Waals surface area contributed by atoms with E-state index in [0.29, 0.717) is 28.4 Å². The zero-order valence-electron chi connectivity index (χ0n) is 13.3. The van der Waals surface area contributed by atoms with Gasteiger partial charge in [-0.1, -0.05) is 11.6 Å². The zero-order chi connectivity index (χ0) is 16.5. The number of halogens is 1. The molecule has 2 atom stereocenters. The van der Waals surface area contributed by atoms with Gasteiger partial charge in [0.1, 0.15) is 11.3 Å². The fraction of sp³-hybridized carbons (Fsp3) is 0.444. The molecule has 1 amide bonds. The maximum absolute atomic E-state index is 12.2. The summed E-state index contributed by atoms with van der Waals surface area (Å²) in [6.45, 7) is -0.00737. The summed E-state index contributed by atoms with van der Waals surface area (Å²) in [5.41, 5.74) is 0.678. The Kier molecular flexibility index (Phi) is 4.29. The van der Waals surface area contributed by atoms with Gasteiger partial charge in [0.2, 0.25) is 0 Å². The Morgan fingerprint density at radius 1 is 1.29 bits per heavy atom. The van der Waals surface area contributed by atoms with Gasteiger partial charge < -0.3 is 15.4 Å². The van der Waals surface area contributed by atoms with Crippen LogP contribution in [-0.2, 0) is 4.79 Å². The predicted octanol–water partition coefficient (Wildman–Crippen LogP) is 2.67. The van der Waals surface area contributed by atoms with E-state index in [2.05, 4.69) is 15.6 Å². The zero-order valence-corrected chi connectivity index (χ0v) is 14.1. The molecule has 6 heteroatoms. The lowest BCUT2D eigenvalue weighted by atomic mass is 10.00. The van der Waals surface area contributed by atoms with E-state index in [-0.39, 0.29) is 18.6 Å². The summed E-state index contributed by atoms with van der Waals surface area (Å²) in [6.07, 6.45) is 6.14. The number of nitrogens with one attached hydrogen (secondary N) is 2. The highest BCUT2D eigenvalue weighted by Gasteiger charge is 2.33. The summed E-state index contributed by atoms with van der Waals surface area (Å²) in [5.74, 6) is 0.496. The molecule has 0 saturated carbocycles. The first kappa shape index (κ1) is 15.7. The largest absolute Gasteiger partial charge is 0.481 e. The second-order valence-electron chi connectivity index (χ2n) is 6.61. The van der Waals surface area contributed by atoms with Crippen LogP contribution < -0.4 is 15.4 Å². The van der Waals surface area contributed by atoms with E-state index in [1.807, 2.05) is 12.1 Å². The monoisotopic (exact) mass is 345 g/mol. The van der Waals surface area contributed by atoms with Crippen molar-refractivity contribution in [1.29, 1.82) is 0 Å². The van der Waals surface area contributed by atoms with Gasteiger partial charge in [-0.2, -0.15) is 0 Å². The molecule has 4 rings (SSSR count). The smallest absolute Gasteiger partial charge is 0.258 e. The van der Waals surface area contributed by atoms with E-state index in [0.717, 1.165) is 18.2 Å². The predicted molar refractivity (Wildman–Crippen MR) is 93.4 cm³/mol. The molecule has 0 spiro atoms. The van der Waals surface area contributed by atoms with Crippen LogP contribution in [0, 0.1) is 0 Å². The highest BCUT2D eigenvalue weighted by atomic mass is 35.5. The van der Waals surface area contributed by atoms with Gasteiger partial charge >= 0.3 is 0 Å². The van der Waals surface area contributed by atoms with Crippen LogP contribution in [-0.4, -0.2) is 35.6 Å². The number of hydrogen-bond donors (Lipinski definition) is 2. The Morgan fingerprint density at radius 2 is 2.08 bits per heavy atom. The molecule has 1 aromatic heterocycles. The summed E-state index contributed by atoms with van der Waals surface area (Å²) in [7, 11) is 0. The molecule has 2 saturated heterocycles. The molecule has 2 N–H and O–H groups in total. The molecule has 5 nitrogen and oxygen atoms in total. The third-order valence-corrected chi connectivity index (χ3v) is 5.21. The van der Waals surface area contributed by atoms with Crippen molar-refractivity contribution >= 4 is 28.4 Å². The second kappa shape index (κ2) is 6.57. The maximum Gasteiger partial charge on any atom is 0.258 e. The van der Waals surface area contributed by atoms with Gasteiger partial charge in [-0.3, -0.25) is 9.78 Å². The van der Waals surface area contributed by atoms with Crippen LogP contribution >= 0.6 is 11.6 Å². The molecule has 2 aliphatic rings. The lowest BCUT2D eigenvalue weighted by Crippen LogP contribution is -2.48. The van der Waals surface area contributed by atoms with E-state index in [9.17, 15) is 4.79 Å². The third kappa shape index (κ3) is 3.19. The van der Waals surface area contributed by atoms with Gasteiger partial charge in [-0.15, -0.1) is 0 Å². The number of piperidine rings is 1. The molecule has 2 fully saturated rings. The van der Waals surface area contributed by atoms with Gasteiger partial charge in [-0.05, 0) is 49.9 Å². The van der Waals surface area contributed by atoms with Crippen LogP contribution in [0.5, 0.6) is 5.75 Å². The first-order chi connectivity index (χ1) is 11.7. The summed E-state index contributed by atoms with van der Waals surface area (Å²) in [6, 6.07) is 8.61. The summed E-state index contributed by atoms with van der Waals surface area (Å²) in [4.78, 5) is 16.5. The molecule has 1 aromatic carbocycles. The molecular weight excluding hydrogens is 326 g/mol. The van der Waals surface area contributed by atoms with Crippen molar-refractivity contribution in [2.45, 2.75) is 43.8 Å². The Labute approximate surface area is 145 Å². The lowest BCUT2D eigenvalue weighted by Gasteiger charge is -2.29. The van der Waals surface area contributed by atoms with Crippen LogP contribution in [0.4, 0.5) is 0 Å². The van der Waals surface area contributed by atoms with Crippen molar-refractivity contribution in [3.63, 3.8) is 0 Å². The minimum absolute atomic E-state index is 0.00737. The van der Waals surface area contributed by atoms with Crippen molar-refractivity contribution in [1.82, 2.24) is 15.6 Å². The first-order valence-corrected chi connectivity index (χ1v) is 8.78. The number of carbonyl (C=O) groups excluding carboxylic acids is 1. The molecule has 2 unspecified atom stereocenters. The summed E-state index contributed by atoms with van der Waals surface area (Å²) < 4.78 is 5.70. The van der Waals surface area contributed by atoms with Crippen LogP contribution in [0.3, 0.4) is 0 Å². The lowest BCUT2D eigenvalue weighted by molar-refractivity contribution is -0.124. The third-order valence-electron chi connectivity index (χ3n) is 4.88. The van der Waals surface area contributed by atoms with Crippen molar-refractivity contribution < 1.29 is 9.53 Å². The Hall–Kier alpha value is -1.85. The van der Waals surface area contributed by atoms with E-state index < -0.39 is 0 Å². The van der Waals surface area contributed by atoms with Gasteiger partial charge in [-0.25, -0.2) is 0 Å². The molecule has 24 heavy (non-hydrogen) atoms. The second-order valence-corrected chi connectivity index (χ2v) is 7.01. The van der Waals surface area contributed by atoms with E-state index in [1.54, 1.807) is 18.3 Å². The number of pyridine rings is 1. The maximum atomic E-state index is 12.2. The standard InChI is InChI=1S/C18H20ClN3O2/c19-15-5-6-16(18-14(15)2-1-7-20-18)24-10-17(23)22-13-8-11-3-4-12(9-13)21-11/h1-2,5-7,11-13,21H,3-4,8-10H2,(H,22,23). The number of aromatic nitrogens is 1. The minimum atomic E-state index is -0.0830. The Balaban J connectivity index is 1.38. The topological polar surface area (TPSA) is 63.2 Å². The van der Waals surface area contributed by atoms with Crippen molar-refractivity contribution in [3.8, 4) is 5.75 Å². The van der Waals surface area contributed by atoms with Crippen LogP contribution in [0.1, 0.15) is 25.7 Å². The van der Waals surface area contributed by atoms with Crippen LogP contribution in [0.25, 0.3) is 10.9 Å². The number of fused-ring (bicyclic) bond motifs is 3. The van der Waals surface area contributed by atoms with Crippen molar-refractivity contribution in [3.05, 3.63) is 35.5 Å². The normalized spacial score (nSPS) is 25.6. The Bertz CT molecular complexity index is 755. The molecule has 0 aliphatic carbocycles. The average Bonchev–Trinajstić information content (AvgIpc) is 2.93. The number of nitrogens with zero attached hydrogens (tertiary/aromatic N) is 1. The summed E-state index contributed by atoms with van der Waals surface area (Å²) >= 11 is 6.17. The molecule has 2 aliphatic heterocycles. The SMILES string of the molecule is O=C(COc1ccc(Cl)c2cccnc12)NC1CC2CCC(C1)N2. The fourth-order valence-electron chi connectivity index (χ4n) is 3.82. The first-order valence-electron chi connectivity index (χ1n) is 8.40. The van der Waals surface area contributed by atoms with Crippen molar-refractivity contribution in [2.75, 3.05) is 6.61 Å². The minimum Gasteiger partial charge on any atom is -0.481 e. The number of ether oxygens (including phenoxy) is 1. The summed E-state index contributed by atoms with van der Waals surface area (Å²) in [5, 5.41) is 8.12. The molecule has 0 radical (unpaired) electrons.